The highest BCUT2D eigenvalue weighted by molar-refractivity contribution is 5.85. The summed E-state index contributed by atoms with van der Waals surface area (Å²) >= 11 is 0. The molecule has 0 saturated carbocycles. The summed E-state index contributed by atoms with van der Waals surface area (Å²) in [5.41, 5.74) is 0. The zero-order valence-electron chi connectivity index (χ0n) is 12.2. The van der Waals surface area contributed by atoms with Gasteiger partial charge in [-0.1, -0.05) is 6.92 Å². The quantitative estimate of drug-likeness (QED) is 0.855. The Bertz CT molecular complexity index is 288. The lowest BCUT2D eigenvalue weighted by atomic mass is 10.00. The molecule has 4 nitrogen and oxygen atoms in total. The molecule has 2 atom stereocenters. The van der Waals surface area contributed by atoms with Gasteiger partial charge in [0.05, 0.1) is 6.54 Å². The first kappa shape index (κ1) is 16.7. The van der Waals surface area contributed by atoms with E-state index in [9.17, 15) is 4.79 Å². The second-order valence-electron chi connectivity index (χ2n) is 5.67. The highest BCUT2D eigenvalue weighted by Gasteiger charge is 2.28. The van der Waals surface area contributed by atoms with Gasteiger partial charge in [0, 0.05) is 38.3 Å². The second kappa shape index (κ2) is 8.08. The fourth-order valence-electron chi connectivity index (χ4n) is 3.14. The largest absolute Gasteiger partial charge is 0.339 e. The van der Waals surface area contributed by atoms with E-state index in [4.69, 9.17) is 0 Å². The summed E-state index contributed by atoms with van der Waals surface area (Å²) in [6, 6.07) is 0.969. The van der Waals surface area contributed by atoms with Crippen LogP contribution < -0.4 is 5.32 Å². The van der Waals surface area contributed by atoms with E-state index in [-0.39, 0.29) is 12.4 Å². The summed E-state index contributed by atoms with van der Waals surface area (Å²) in [6.07, 6.45) is 4.76. The summed E-state index contributed by atoms with van der Waals surface area (Å²) in [4.78, 5) is 16.9. The van der Waals surface area contributed by atoms with Crippen molar-refractivity contribution < 1.29 is 4.79 Å². The van der Waals surface area contributed by atoms with E-state index in [2.05, 4.69) is 29.0 Å². The molecular formula is C14H28ClN3O. The number of hydrogen-bond acceptors (Lipinski definition) is 3. The summed E-state index contributed by atoms with van der Waals surface area (Å²) in [5.74, 6) is 0.343. The predicted molar refractivity (Wildman–Crippen MR) is 80.8 cm³/mol. The van der Waals surface area contributed by atoms with Crippen LogP contribution in [0.1, 0.15) is 39.5 Å². The maximum absolute atomic E-state index is 12.4. The zero-order valence-corrected chi connectivity index (χ0v) is 13.0. The van der Waals surface area contributed by atoms with Crippen LogP contribution in [0.5, 0.6) is 0 Å². The number of nitrogens with zero attached hydrogens (tertiary/aromatic N) is 2. The number of carbonyl (C=O) groups excluding carboxylic acids is 1. The Morgan fingerprint density at radius 1 is 1.32 bits per heavy atom. The molecule has 0 bridgehead atoms. The molecule has 19 heavy (non-hydrogen) atoms. The Morgan fingerprint density at radius 2 is 2.11 bits per heavy atom. The molecule has 2 rings (SSSR count). The van der Waals surface area contributed by atoms with Crippen LogP contribution >= 0.6 is 12.4 Å². The van der Waals surface area contributed by atoms with Crippen molar-refractivity contribution in [1.82, 2.24) is 15.1 Å². The normalized spacial score (nSPS) is 28.8. The van der Waals surface area contributed by atoms with E-state index in [1.54, 1.807) is 0 Å². The molecule has 0 aliphatic carbocycles. The van der Waals surface area contributed by atoms with Gasteiger partial charge in [0.2, 0.25) is 5.91 Å². The van der Waals surface area contributed by atoms with Gasteiger partial charge in [-0.3, -0.25) is 9.69 Å². The number of likely N-dealkylation sites (tertiary alicyclic amines) is 1. The van der Waals surface area contributed by atoms with Crippen LogP contribution in [0.25, 0.3) is 0 Å². The maximum Gasteiger partial charge on any atom is 0.237 e. The molecule has 112 valence electrons. The van der Waals surface area contributed by atoms with Crippen LogP contribution in [-0.4, -0.2) is 60.5 Å². The Hall–Kier alpha value is -0.320. The molecule has 2 saturated heterocycles. The number of hydrogen-bond donors (Lipinski definition) is 1. The van der Waals surface area contributed by atoms with Crippen molar-refractivity contribution in [1.29, 1.82) is 0 Å². The monoisotopic (exact) mass is 289 g/mol. The molecule has 1 amide bonds. The van der Waals surface area contributed by atoms with Crippen molar-refractivity contribution in [3.8, 4) is 0 Å². The van der Waals surface area contributed by atoms with Crippen LogP contribution in [0.2, 0.25) is 0 Å². The van der Waals surface area contributed by atoms with Gasteiger partial charge < -0.3 is 10.2 Å². The van der Waals surface area contributed by atoms with Crippen molar-refractivity contribution in [2.75, 3.05) is 32.7 Å². The number of rotatable bonds is 3. The first-order valence-corrected chi connectivity index (χ1v) is 7.46. The minimum absolute atomic E-state index is 0. The van der Waals surface area contributed by atoms with Crippen LogP contribution in [0.3, 0.4) is 0 Å². The van der Waals surface area contributed by atoms with Gasteiger partial charge in [-0.05, 0) is 32.6 Å². The predicted octanol–water partition coefficient (Wildman–Crippen LogP) is 1.49. The SMILES string of the molecule is CCC1CCCCN1C(=O)CN1CCNC[C@H]1C.Cl. The number of piperazine rings is 1. The summed E-state index contributed by atoms with van der Waals surface area (Å²) in [6.45, 7) is 8.99. The van der Waals surface area contributed by atoms with E-state index in [1.807, 2.05) is 0 Å². The Kier molecular flexibility index (Phi) is 7.11. The average Bonchev–Trinajstić information content (AvgIpc) is 2.41. The molecule has 0 aromatic heterocycles. The number of amides is 1. The second-order valence-corrected chi connectivity index (χ2v) is 5.67. The van der Waals surface area contributed by atoms with Crippen LogP contribution in [-0.2, 0) is 4.79 Å². The molecule has 1 unspecified atom stereocenters. The minimum atomic E-state index is 0. The summed E-state index contributed by atoms with van der Waals surface area (Å²) < 4.78 is 0. The lowest BCUT2D eigenvalue weighted by Gasteiger charge is -2.39. The van der Waals surface area contributed by atoms with Crippen LogP contribution in [0.15, 0.2) is 0 Å². The Balaban J connectivity index is 0.00000180. The highest BCUT2D eigenvalue weighted by Crippen LogP contribution is 2.20. The lowest BCUT2D eigenvalue weighted by Crippen LogP contribution is -2.54. The molecule has 0 aromatic carbocycles. The lowest BCUT2D eigenvalue weighted by molar-refractivity contribution is -0.136. The van der Waals surface area contributed by atoms with Crippen molar-refractivity contribution in [2.45, 2.75) is 51.6 Å². The summed E-state index contributed by atoms with van der Waals surface area (Å²) in [7, 11) is 0. The van der Waals surface area contributed by atoms with Gasteiger partial charge in [0.15, 0.2) is 0 Å². The number of nitrogens with one attached hydrogen (secondary N) is 1. The zero-order chi connectivity index (χ0) is 13.0. The van der Waals surface area contributed by atoms with Gasteiger partial charge >= 0.3 is 0 Å². The van der Waals surface area contributed by atoms with Crippen LogP contribution in [0.4, 0.5) is 0 Å². The molecule has 2 aliphatic rings. The molecule has 1 N–H and O–H groups in total. The van der Waals surface area contributed by atoms with Gasteiger partial charge in [-0.2, -0.15) is 0 Å². The van der Waals surface area contributed by atoms with Crippen LogP contribution in [0, 0.1) is 0 Å². The first-order valence-electron chi connectivity index (χ1n) is 7.46. The fraction of sp³-hybridized carbons (Fsp3) is 0.929. The Morgan fingerprint density at radius 3 is 2.79 bits per heavy atom. The number of carbonyl (C=O) groups is 1. The minimum Gasteiger partial charge on any atom is -0.339 e. The number of piperidine rings is 1. The van der Waals surface area contributed by atoms with Gasteiger partial charge in [0.1, 0.15) is 0 Å². The summed E-state index contributed by atoms with van der Waals surface area (Å²) in [5, 5.41) is 3.37. The molecule has 0 radical (unpaired) electrons. The number of halogens is 1. The fourth-order valence-corrected chi connectivity index (χ4v) is 3.14. The maximum atomic E-state index is 12.4. The molecule has 0 aromatic rings. The molecule has 2 heterocycles. The van der Waals surface area contributed by atoms with Gasteiger partial charge in [-0.25, -0.2) is 0 Å². The van der Waals surface area contributed by atoms with E-state index < -0.39 is 0 Å². The van der Waals surface area contributed by atoms with Crippen molar-refractivity contribution in [2.24, 2.45) is 0 Å². The van der Waals surface area contributed by atoms with Crippen molar-refractivity contribution >= 4 is 18.3 Å². The highest BCUT2D eigenvalue weighted by atomic mass is 35.5. The third-order valence-corrected chi connectivity index (χ3v) is 4.40. The molecular weight excluding hydrogens is 262 g/mol. The van der Waals surface area contributed by atoms with E-state index in [1.165, 1.54) is 19.3 Å². The van der Waals surface area contributed by atoms with Gasteiger partial charge in [0.25, 0.3) is 0 Å². The molecule has 0 spiro atoms. The van der Waals surface area contributed by atoms with E-state index in [0.29, 0.717) is 24.5 Å². The van der Waals surface area contributed by atoms with Gasteiger partial charge in [-0.15, -0.1) is 12.4 Å². The molecule has 5 heteroatoms. The standard InChI is InChI=1S/C14H27N3O.ClH/c1-3-13-6-4-5-8-17(13)14(18)11-16-9-7-15-10-12(16)2;/h12-13,15H,3-11H2,1-2H3;1H/t12-,13?;/m1./s1. The molecule has 2 aliphatic heterocycles. The average molecular weight is 290 g/mol. The third-order valence-electron chi connectivity index (χ3n) is 4.40. The first-order chi connectivity index (χ1) is 8.72. The third kappa shape index (κ3) is 4.33. The molecule has 2 fully saturated rings. The van der Waals surface area contributed by atoms with E-state index in [0.717, 1.165) is 32.6 Å². The van der Waals surface area contributed by atoms with Crippen molar-refractivity contribution in [3.63, 3.8) is 0 Å². The smallest absolute Gasteiger partial charge is 0.237 e. The topological polar surface area (TPSA) is 35.6 Å². The van der Waals surface area contributed by atoms with E-state index >= 15 is 0 Å². The van der Waals surface area contributed by atoms with Crippen molar-refractivity contribution in [3.05, 3.63) is 0 Å². The Labute approximate surface area is 123 Å².